The molecular formula is C18H20ClN7O. The molecule has 0 radical (unpaired) electrons. The smallest absolute Gasteiger partial charge is 0.245 e. The van der Waals surface area contributed by atoms with Gasteiger partial charge < -0.3 is 16.4 Å². The van der Waals surface area contributed by atoms with Gasteiger partial charge in [-0.05, 0) is 29.5 Å². The molecule has 9 heteroatoms. The summed E-state index contributed by atoms with van der Waals surface area (Å²) in [5.74, 6) is 1.94. The lowest BCUT2D eigenvalue weighted by Crippen LogP contribution is -2.33. The first-order valence-electron chi connectivity index (χ1n) is 8.67. The van der Waals surface area contributed by atoms with E-state index in [1.165, 1.54) is 4.79 Å². The molecule has 1 unspecified atom stereocenters. The zero-order valence-electron chi connectivity index (χ0n) is 15.0. The largest absolute Gasteiger partial charge is 0.399 e. The molecule has 0 fully saturated rings. The summed E-state index contributed by atoms with van der Waals surface area (Å²) in [5.41, 5.74) is 9.27. The number of halogens is 1. The number of nitrogens with zero attached hydrogens (tertiary/aromatic N) is 3. The lowest BCUT2D eigenvalue weighted by atomic mass is 9.95. The van der Waals surface area contributed by atoms with Gasteiger partial charge in [-0.2, -0.15) is 4.79 Å². The summed E-state index contributed by atoms with van der Waals surface area (Å²) in [6, 6.07) is 7.21. The van der Waals surface area contributed by atoms with Crippen molar-refractivity contribution in [1.82, 2.24) is 14.9 Å². The average Bonchev–Trinajstić information content (AvgIpc) is 2.87. The second-order valence-corrected chi connectivity index (χ2v) is 7.36. The van der Waals surface area contributed by atoms with Gasteiger partial charge >= 0.3 is 0 Å². The van der Waals surface area contributed by atoms with Crippen LogP contribution in [0, 0.1) is 11.8 Å². The summed E-state index contributed by atoms with van der Waals surface area (Å²) < 4.78 is 0. The van der Waals surface area contributed by atoms with Gasteiger partial charge in [-0.3, -0.25) is 4.79 Å². The lowest BCUT2D eigenvalue weighted by Gasteiger charge is -2.16. The predicted molar refractivity (Wildman–Crippen MR) is 108 cm³/mol. The van der Waals surface area contributed by atoms with Crippen LogP contribution in [-0.4, -0.2) is 27.3 Å². The molecule has 1 amide bonds. The van der Waals surface area contributed by atoms with Crippen LogP contribution in [-0.2, 0) is 4.79 Å². The Morgan fingerprint density at radius 1 is 1.30 bits per heavy atom. The number of rotatable bonds is 3. The lowest BCUT2D eigenvalue weighted by molar-refractivity contribution is -0.121. The molecule has 0 aliphatic carbocycles. The number of hydrogen-bond acceptors (Lipinski definition) is 6. The molecule has 1 aliphatic rings. The van der Waals surface area contributed by atoms with Crippen molar-refractivity contribution in [3.8, 4) is 0 Å². The van der Waals surface area contributed by atoms with E-state index < -0.39 is 0 Å². The minimum atomic E-state index is -0.111. The van der Waals surface area contributed by atoms with Crippen molar-refractivity contribution in [2.75, 3.05) is 28.3 Å². The Hall–Kier alpha value is -3.00. The van der Waals surface area contributed by atoms with E-state index in [-0.39, 0.29) is 17.7 Å². The Kier molecular flexibility index (Phi) is 4.27. The first-order chi connectivity index (χ1) is 12.9. The third-order valence-corrected chi connectivity index (χ3v) is 4.95. The quantitative estimate of drug-likeness (QED) is 0.515. The van der Waals surface area contributed by atoms with Crippen LogP contribution in [0.1, 0.15) is 13.8 Å². The molecule has 4 rings (SSSR count). The molecule has 8 nitrogen and oxygen atoms in total. The van der Waals surface area contributed by atoms with E-state index in [0.29, 0.717) is 34.7 Å². The van der Waals surface area contributed by atoms with E-state index in [9.17, 15) is 4.79 Å². The van der Waals surface area contributed by atoms with Crippen LogP contribution < -0.4 is 21.8 Å². The maximum atomic E-state index is 12.3. The molecule has 27 heavy (non-hydrogen) atoms. The van der Waals surface area contributed by atoms with Crippen molar-refractivity contribution in [1.29, 1.82) is 0 Å². The van der Waals surface area contributed by atoms with Gasteiger partial charge in [0.25, 0.3) is 0 Å². The monoisotopic (exact) mass is 385 g/mol. The Balaban J connectivity index is 1.58. The summed E-state index contributed by atoms with van der Waals surface area (Å²) in [7, 11) is 0. The Labute approximate surface area is 161 Å². The van der Waals surface area contributed by atoms with E-state index in [2.05, 4.69) is 26.1 Å². The molecule has 0 bridgehead atoms. The number of nitrogens with one attached hydrogen (secondary N) is 3. The van der Waals surface area contributed by atoms with Gasteiger partial charge in [0.15, 0.2) is 5.82 Å². The number of pyridine rings is 1. The number of aromatic nitrogens is 3. The zero-order valence-corrected chi connectivity index (χ0v) is 15.7. The molecule has 2 aromatic heterocycles. The van der Waals surface area contributed by atoms with Crippen molar-refractivity contribution >= 4 is 51.4 Å². The molecule has 0 saturated carbocycles. The molecule has 3 heterocycles. The van der Waals surface area contributed by atoms with Crippen LogP contribution in [0.3, 0.4) is 0 Å². The van der Waals surface area contributed by atoms with Crippen LogP contribution in [0.25, 0.3) is 10.8 Å². The average molecular weight is 386 g/mol. The molecule has 140 valence electrons. The molecular weight excluding hydrogens is 366 g/mol. The van der Waals surface area contributed by atoms with Crippen LogP contribution in [0.15, 0.2) is 30.5 Å². The van der Waals surface area contributed by atoms with Crippen molar-refractivity contribution in [2.24, 2.45) is 11.8 Å². The Bertz CT molecular complexity index is 1030. The molecule has 1 aliphatic heterocycles. The third-order valence-electron chi connectivity index (χ3n) is 4.64. The van der Waals surface area contributed by atoms with Gasteiger partial charge in [-0.15, -0.1) is 5.10 Å². The first kappa shape index (κ1) is 17.4. The number of benzene rings is 1. The van der Waals surface area contributed by atoms with Crippen molar-refractivity contribution in [3.63, 3.8) is 0 Å². The standard InChI is InChI=1S/C18H20ClN7O/c1-9(2)12-7-22-17-6-16(24-26(17)25-18(12)27)23-15-4-10-3-11(20)5-14(19)13(10)8-21-15/h3-6,8-9,12,22H,7,20H2,1-2H3,(H,25,27)(H,21,23,24). The van der Waals surface area contributed by atoms with E-state index in [0.717, 1.165) is 10.8 Å². The van der Waals surface area contributed by atoms with Crippen LogP contribution in [0.5, 0.6) is 0 Å². The highest BCUT2D eigenvalue weighted by Crippen LogP contribution is 2.29. The number of nitrogens with two attached hydrogens (primary N) is 1. The second kappa shape index (κ2) is 6.62. The summed E-state index contributed by atoms with van der Waals surface area (Å²) in [4.78, 5) is 18.1. The Morgan fingerprint density at radius 2 is 2.11 bits per heavy atom. The Morgan fingerprint density at radius 3 is 2.89 bits per heavy atom. The van der Waals surface area contributed by atoms with Crippen LogP contribution in [0.2, 0.25) is 5.02 Å². The minimum absolute atomic E-state index is 0.0557. The maximum Gasteiger partial charge on any atom is 0.245 e. The number of anilines is 4. The van der Waals surface area contributed by atoms with Gasteiger partial charge in [0.1, 0.15) is 11.6 Å². The number of amides is 1. The number of fused-ring (bicyclic) bond motifs is 2. The fourth-order valence-corrected chi connectivity index (χ4v) is 3.40. The van der Waals surface area contributed by atoms with E-state index in [4.69, 9.17) is 17.3 Å². The van der Waals surface area contributed by atoms with Gasteiger partial charge in [0, 0.05) is 29.9 Å². The second-order valence-electron chi connectivity index (χ2n) is 6.95. The van der Waals surface area contributed by atoms with E-state index in [1.807, 2.05) is 32.0 Å². The van der Waals surface area contributed by atoms with Gasteiger partial charge in [-0.1, -0.05) is 25.4 Å². The highest BCUT2D eigenvalue weighted by atomic mass is 35.5. The summed E-state index contributed by atoms with van der Waals surface area (Å²) in [6.45, 7) is 4.61. The molecule has 3 aromatic rings. The van der Waals surface area contributed by atoms with Gasteiger partial charge in [0.05, 0.1) is 10.9 Å². The van der Waals surface area contributed by atoms with E-state index >= 15 is 0 Å². The molecule has 5 N–H and O–H groups in total. The van der Waals surface area contributed by atoms with E-state index in [1.54, 1.807) is 12.3 Å². The number of nitrogen functional groups attached to an aromatic ring is 1. The number of hydrogen-bond donors (Lipinski definition) is 4. The predicted octanol–water partition coefficient (Wildman–Crippen LogP) is 3.18. The third kappa shape index (κ3) is 3.35. The molecule has 0 saturated heterocycles. The molecule has 0 spiro atoms. The van der Waals surface area contributed by atoms with Crippen LogP contribution >= 0.6 is 11.6 Å². The first-order valence-corrected chi connectivity index (χ1v) is 9.05. The van der Waals surface area contributed by atoms with Crippen LogP contribution in [0.4, 0.5) is 23.1 Å². The fourth-order valence-electron chi connectivity index (χ4n) is 3.12. The summed E-state index contributed by atoms with van der Waals surface area (Å²) in [6.07, 6.45) is 1.69. The highest BCUT2D eigenvalue weighted by molar-refractivity contribution is 6.35. The number of carbonyl (C=O) groups is 1. The topological polar surface area (TPSA) is 110 Å². The van der Waals surface area contributed by atoms with Crippen molar-refractivity contribution < 1.29 is 4.79 Å². The molecule has 1 atom stereocenters. The maximum absolute atomic E-state index is 12.3. The summed E-state index contributed by atoms with van der Waals surface area (Å²) in [5, 5.41) is 13.1. The SMILES string of the molecule is CC(C)C1CNc2cc(Nc3cc4cc(N)cc(Cl)c4cn3)nn2NC1=O. The fraction of sp³-hybridized carbons (Fsp3) is 0.278. The minimum Gasteiger partial charge on any atom is -0.399 e. The number of carbonyl (C=O) groups excluding carboxylic acids is 1. The normalized spacial score (nSPS) is 16.6. The van der Waals surface area contributed by atoms with Gasteiger partial charge in [-0.25, -0.2) is 10.4 Å². The zero-order chi connectivity index (χ0) is 19.1. The molecule has 1 aromatic carbocycles. The van der Waals surface area contributed by atoms with Crippen molar-refractivity contribution in [3.05, 3.63) is 35.5 Å². The van der Waals surface area contributed by atoms with Crippen molar-refractivity contribution in [2.45, 2.75) is 13.8 Å². The summed E-state index contributed by atoms with van der Waals surface area (Å²) >= 11 is 6.20. The highest BCUT2D eigenvalue weighted by Gasteiger charge is 2.27. The van der Waals surface area contributed by atoms with Gasteiger partial charge in [0.2, 0.25) is 5.91 Å².